The van der Waals surface area contributed by atoms with Gasteiger partial charge >= 0.3 is 0 Å². The third-order valence-corrected chi connectivity index (χ3v) is 14.8. The number of rotatable bonds is 6. The maximum Gasteiger partial charge on any atom is 0.143 e. The summed E-state index contributed by atoms with van der Waals surface area (Å²) in [5.74, 6) is 0. The fraction of sp³-hybridized carbons (Fsp3) is 0.0462. The second-order valence-electron chi connectivity index (χ2n) is 18.8. The highest BCUT2D eigenvalue weighted by Crippen LogP contribution is 2.54. The lowest BCUT2D eigenvalue weighted by Crippen LogP contribution is -2.17. The van der Waals surface area contributed by atoms with Crippen molar-refractivity contribution in [3.8, 4) is 66.8 Å². The molecule has 0 saturated carbocycles. The first-order valence-electron chi connectivity index (χ1n) is 23.3. The van der Waals surface area contributed by atoms with E-state index in [2.05, 4.69) is 237 Å². The van der Waals surface area contributed by atoms with E-state index in [9.17, 15) is 0 Å². The summed E-state index contributed by atoms with van der Waals surface area (Å²) >= 11 is 0. The summed E-state index contributed by atoms with van der Waals surface area (Å²) in [6, 6.07) is 82.7. The molecule has 11 aromatic carbocycles. The van der Waals surface area contributed by atoms with Crippen molar-refractivity contribution >= 4 is 60.5 Å². The lowest BCUT2D eigenvalue weighted by Gasteiger charge is -2.29. The summed E-state index contributed by atoms with van der Waals surface area (Å²) < 4.78 is 6.42. The molecule has 0 spiro atoms. The van der Waals surface area contributed by atoms with E-state index in [0.29, 0.717) is 0 Å². The van der Waals surface area contributed by atoms with Gasteiger partial charge in [-0.05, 0) is 137 Å². The molecule has 0 radical (unpaired) electrons. The Morgan fingerprint density at radius 1 is 0.328 bits per heavy atom. The molecule has 2 aliphatic rings. The number of anilines is 3. The van der Waals surface area contributed by atoms with Crippen molar-refractivity contribution in [2.75, 3.05) is 4.90 Å². The van der Waals surface area contributed by atoms with Crippen LogP contribution in [0.15, 0.2) is 229 Å². The molecule has 0 aliphatic heterocycles. The first-order valence-corrected chi connectivity index (χ1v) is 23.3. The standard InChI is InChI=1S/C65H43NO/c1-65(2)59-37-44(40-13-4-3-5-14-40)29-33-50(59)51-34-32-46(38-60(51)65)66(61-36-35-54-48-16-7-6-15-47(48)53-20-12-21-56(61)63(53)54)45-30-27-42(28-31-45)41-23-25-43(26-24-41)57-39-58-52-18-10-11-22-62(52)67-64(58)55-19-9-8-17-49(55)57/h3-39H,1-2H3. The van der Waals surface area contributed by atoms with E-state index in [1.807, 2.05) is 6.07 Å². The third kappa shape index (κ3) is 5.63. The van der Waals surface area contributed by atoms with Crippen LogP contribution in [0.3, 0.4) is 0 Å². The highest BCUT2D eigenvalue weighted by molar-refractivity contribution is 6.20. The number of hydrogen-bond acceptors (Lipinski definition) is 2. The van der Waals surface area contributed by atoms with Crippen LogP contribution >= 0.6 is 0 Å². The molecule has 0 saturated heterocycles. The van der Waals surface area contributed by atoms with Crippen LogP contribution in [0.1, 0.15) is 25.0 Å². The highest BCUT2D eigenvalue weighted by Gasteiger charge is 2.37. The SMILES string of the molecule is CC1(C)c2cc(-c3ccccc3)ccc2-c2ccc(N(c3ccc(-c4ccc(-c5cc6c7ccccc7oc6c6ccccc56)cc4)cc3)c3ccc4c5c(cccc35)-c3ccccc3-4)cc21. The van der Waals surface area contributed by atoms with Crippen molar-refractivity contribution < 1.29 is 4.42 Å². The molecule has 2 nitrogen and oxygen atoms in total. The van der Waals surface area contributed by atoms with Gasteiger partial charge in [0.2, 0.25) is 0 Å². The van der Waals surface area contributed by atoms with E-state index in [4.69, 9.17) is 4.42 Å². The third-order valence-electron chi connectivity index (χ3n) is 14.8. The molecule has 0 bridgehead atoms. The number of fused-ring (bicyclic) bond motifs is 11. The number of nitrogens with zero attached hydrogens (tertiary/aromatic N) is 1. The van der Waals surface area contributed by atoms with Crippen LogP contribution in [0.5, 0.6) is 0 Å². The van der Waals surface area contributed by atoms with Gasteiger partial charge in [0, 0.05) is 38.3 Å². The van der Waals surface area contributed by atoms with Crippen LogP contribution in [0, 0.1) is 0 Å². The minimum Gasteiger partial charge on any atom is -0.455 e. The maximum atomic E-state index is 6.42. The van der Waals surface area contributed by atoms with Crippen molar-refractivity contribution in [3.63, 3.8) is 0 Å². The molecular weight excluding hydrogens is 811 g/mol. The topological polar surface area (TPSA) is 16.4 Å². The molecule has 2 aliphatic carbocycles. The summed E-state index contributed by atoms with van der Waals surface area (Å²) in [6.07, 6.45) is 0. The summed E-state index contributed by atoms with van der Waals surface area (Å²) in [6.45, 7) is 4.77. The fourth-order valence-electron chi connectivity index (χ4n) is 11.5. The molecule has 67 heavy (non-hydrogen) atoms. The molecule has 1 heterocycles. The van der Waals surface area contributed by atoms with Crippen LogP contribution < -0.4 is 4.90 Å². The second kappa shape index (κ2) is 14.3. The zero-order chi connectivity index (χ0) is 44.4. The fourth-order valence-corrected chi connectivity index (χ4v) is 11.5. The number of para-hydroxylation sites is 1. The normalized spacial score (nSPS) is 13.0. The smallest absolute Gasteiger partial charge is 0.143 e. The Labute approximate surface area is 389 Å². The number of furan rings is 1. The molecule has 14 rings (SSSR count). The van der Waals surface area contributed by atoms with Gasteiger partial charge in [-0.15, -0.1) is 0 Å². The maximum absolute atomic E-state index is 6.42. The van der Waals surface area contributed by atoms with Gasteiger partial charge in [0.1, 0.15) is 11.2 Å². The summed E-state index contributed by atoms with van der Waals surface area (Å²) in [7, 11) is 0. The van der Waals surface area contributed by atoms with E-state index >= 15 is 0 Å². The molecule has 0 N–H and O–H groups in total. The highest BCUT2D eigenvalue weighted by atomic mass is 16.3. The summed E-state index contributed by atoms with van der Waals surface area (Å²) in [5, 5.41) is 7.17. The Hall–Kier alpha value is -8.46. The predicted octanol–water partition coefficient (Wildman–Crippen LogP) is 18.3. The first-order chi connectivity index (χ1) is 33.0. The average molecular weight is 854 g/mol. The van der Waals surface area contributed by atoms with Crippen LogP contribution in [0.2, 0.25) is 0 Å². The predicted molar refractivity (Wildman–Crippen MR) is 282 cm³/mol. The first kappa shape index (κ1) is 37.9. The average Bonchev–Trinajstić information content (AvgIpc) is 4.01. The van der Waals surface area contributed by atoms with Gasteiger partial charge in [-0.25, -0.2) is 0 Å². The van der Waals surface area contributed by atoms with Gasteiger partial charge in [-0.2, -0.15) is 0 Å². The summed E-state index contributed by atoms with van der Waals surface area (Å²) in [4.78, 5) is 2.48. The number of benzene rings is 11. The quantitative estimate of drug-likeness (QED) is 0.166. The lowest BCUT2D eigenvalue weighted by molar-refractivity contribution is 0.660. The zero-order valence-corrected chi connectivity index (χ0v) is 37.2. The van der Waals surface area contributed by atoms with Gasteiger partial charge < -0.3 is 9.32 Å². The van der Waals surface area contributed by atoms with Gasteiger partial charge in [-0.3, -0.25) is 0 Å². The minimum atomic E-state index is -0.193. The Morgan fingerprint density at radius 3 is 1.64 bits per heavy atom. The van der Waals surface area contributed by atoms with E-state index in [1.54, 1.807) is 0 Å². The monoisotopic (exact) mass is 853 g/mol. The van der Waals surface area contributed by atoms with Crippen molar-refractivity contribution in [3.05, 3.63) is 236 Å². The van der Waals surface area contributed by atoms with Crippen molar-refractivity contribution in [2.45, 2.75) is 19.3 Å². The summed E-state index contributed by atoms with van der Waals surface area (Å²) in [5.41, 5.74) is 22.9. The van der Waals surface area contributed by atoms with Crippen LogP contribution in [0.4, 0.5) is 17.1 Å². The molecule has 12 aromatic rings. The van der Waals surface area contributed by atoms with Crippen LogP contribution in [-0.2, 0) is 5.41 Å². The van der Waals surface area contributed by atoms with E-state index in [-0.39, 0.29) is 5.41 Å². The van der Waals surface area contributed by atoms with E-state index in [1.165, 1.54) is 99.7 Å². The van der Waals surface area contributed by atoms with Gasteiger partial charge in [0.05, 0.1) is 5.69 Å². The Morgan fingerprint density at radius 2 is 0.866 bits per heavy atom. The Kier molecular flexibility index (Phi) is 8.06. The Bertz CT molecular complexity index is 3960. The molecule has 0 unspecified atom stereocenters. The van der Waals surface area contributed by atoms with Crippen LogP contribution in [-0.4, -0.2) is 0 Å². The van der Waals surface area contributed by atoms with Crippen molar-refractivity contribution in [1.29, 1.82) is 0 Å². The van der Waals surface area contributed by atoms with Crippen LogP contribution in [0.25, 0.3) is 110 Å². The molecule has 0 fully saturated rings. The van der Waals surface area contributed by atoms with Gasteiger partial charge in [0.15, 0.2) is 0 Å². The van der Waals surface area contributed by atoms with E-state index < -0.39 is 0 Å². The van der Waals surface area contributed by atoms with Gasteiger partial charge in [0.25, 0.3) is 0 Å². The largest absolute Gasteiger partial charge is 0.455 e. The van der Waals surface area contributed by atoms with Gasteiger partial charge in [-0.1, -0.05) is 190 Å². The molecule has 0 atom stereocenters. The molecule has 0 amide bonds. The Balaban J connectivity index is 0.876. The molecule has 1 aromatic heterocycles. The van der Waals surface area contributed by atoms with Crippen molar-refractivity contribution in [2.24, 2.45) is 0 Å². The zero-order valence-electron chi connectivity index (χ0n) is 37.2. The number of hydrogen-bond donors (Lipinski definition) is 0. The molecular formula is C65H43NO. The minimum absolute atomic E-state index is 0.193. The lowest BCUT2D eigenvalue weighted by atomic mass is 9.81. The second-order valence-corrected chi connectivity index (χ2v) is 18.8. The van der Waals surface area contributed by atoms with Crippen molar-refractivity contribution in [1.82, 2.24) is 0 Å². The molecule has 314 valence electrons. The molecule has 2 heteroatoms. The van der Waals surface area contributed by atoms with E-state index in [0.717, 1.165) is 38.7 Å².